The predicted octanol–water partition coefficient (Wildman–Crippen LogP) is 2.32. The van der Waals surface area contributed by atoms with Gasteiger partial charge in [0.15, 0.2) is 0 Å². The van der Waals surface area contributed by atoms with Gasteiger partial charge in [-0.05, 0) is 12.8 Å². The number of amides is 1. The van der Waals surface area contributed by atoms with Gasteiger partial charge in [0.2, 0.25) is 0 Å². The molecule has 6 nitrogen and oxygen atoms in total. The SMILES string of the molecule is O=C(NC1CCCC1)c1cc([N+](=O)[O-])cnc1Cl. The first-order valence-electron chi connectivity index (χ1n) is 5.68. The molecule has 1 saturated carbocycles. The molecule has 96 valence electrons. The summed E-state index contributed by atoms with van der Waals surface area (Å²) in [6.45, 7) is 0. The van der Waals surface area contributed by atoms with Crippen molar-refractivity contribution in [3.05, 3.63) is 33.1 Å². The van der Waals surface area contributed by atoms with Crippen molar-refractivity contribution in [3.8, 4) is 0 Å². The number of carbonyl (C=O) groups excluding carboxylic acids is 1. The van der Waals surface area contributed by atoms with Crippen molar-refractivity contribution < 1.29 is 9.72 Å². The van der Waals surface area contributed by atoms with E-state index in [4.69, 9.17) is 11.6 Å². The summed E-state index contributed by atoms with van der Waals surface area (Å²) in [4.78, 5) is 25.6. The van der Waals surface area contributed by atoms with Gasteiger partial charge >= 0.3 is 0 Å². The molecular weight excluding hydrogens is 258 g/mol. The molecule has 0 atom stereocenters. The van der Waals surface area contributed by atoms with Crippen molar-refractivity contribution in [3.63, 3.8) is 0 Å². The van der Waals surface area contributed by atoms with Crippen molar-refractivity contribution in [2.24, 2.45) is 0 Å². The Bertz CT molecular complexity index is 486. The molecule has 1 aromatic heterocycles. The molecule has 1 aliphatic rings. The third-order valence-corrected chi connectivity index (χ3v) is 3.27. The summed E-state index contributed by atoms with van der Waals surface area (Å²) in [5.74, 6) is -0.400. The monoisotopic (exact) mass is 269 g/mol. The fourth-order valence-corrected chi connectivity index (χ4v) is 2.22. The average molecular weight is 270 g/mol. The maximum absolute atomic E-state index is 11.9. The lowest BCUT2D eigenvalue weighted by Crippen LogP contribution is -2.32. The summed E-state index contributed by atoms with van der Waals surface area (Å²) in [6.07, 6.45) is 5.09. The molecule has 1 N–H and O–H groups in total. The van der Waals surface area contributed by atoms with Crippen molar-refractivity contribution in [2.75, 3.05) is 0 Å². The number of hydrogen-bond acceptors (Lipinski definition) is 4. The molecule has 0 unspecified atom stereocenters. The molecule has 0 aliphatic heterocycles. The Morgan fingerprint density at radius 3 is 2.78 bits per heavy atom. The standard InChI is InChI=1S/C11H12ClN3O3/c12-10-9(5-8(6-13-10)15(17)18)11(16)14-7-3-1-2-4-7/h5-7H,1-4H2,(H,14,16). The number of hydrogen-bond donors (Lipinski definition) is 1. The number of rotatable bonds is 3. The molecule has 1 aliphatic carbocycles. The molecule has 7 heteroatoms. The summed E-state index contributed by atoms with van der Waals surface area (Å²) < 4.78 is 0. The molecule has 2 rings (SSSR count). The van der Waals surface area contributed by atoms with E-state index in [-0.39, 0.29) is 22.4 Å². The molecule has 0 bridgehead atoms. The Morgan fingerprint density at radius 2 is 2.17 bits per heavy atom. The molecular formula is C11H12ClN3O3. The molecule has 0 spiro atoms. The van der Waals surface area contributed by atoms with Crippen LogP contribution < -0.4 is 5.32 Å². The van der Waals surface area contributed by atoms with Crippen LogP contribution in [-0.2, 0) is 0 Å². The number of aromatic nitrogens is 1. The van der Waals surface area contributed by atoms with Gasteiger partial charge in [0, 0.05) is 12.1 Å². The van der Waals surface area contributed by atoms with Gasteiger partial charge in [-0.25, -0.2) is 4.98 Å². The van der Waals surface area contributed by atoms with E-state index in [0.29, 0.717) is 0 Å². The molecule has 1 aromatic rings. The molecule has 0 radical (unpaired) electrons. The Morgan fingerprint density at radius 1 is 1.50 bits per heavy atom. The van der Waals surface area contributed by atoms with Crippen LogP contribution in [0.5, 0.6) is 0 Å². The lowest BCUT2D eigenvalue weighted by molar-refractivity contribution is -0.385. The Kier molecular flexibility index (Phi) is 3.76. The third kappa shape index (κ3) is 2.76. The lowest BCUT2D eigenvalue weighted by atomic mass is 10.2. The van der Waals surface area contributed by atoms with E-state index in [1.54, 1.807) is 0 Å². The van der Waals surface area contributed by atoms with E-state index in [0.717, 1.165) is 37.9 Å². The Labute approximate surface area is 109 Å². The zero-order valence-electron chi connectivity index (χ0n) is 9.56. The number of carbonyl (C=O) groups is 1. The van der Waals surface area contributed by atoms with Crippen LogP contribution in [0.3, 0.4) is 0 Å². The van der Waals surface area contributed by atoms with Crippen molar-refractivity contribution in [1.29, 1.82) is 0 Å². The zero-order valence-corrected chi connectivity index (χ0v) is 10.3. The van der Waals surface area contributed by atoms with Gasteiger partial charge in [0.1, 0.15) is 11.3 Å². The Balaban J connectivity index is 2.17. The molecule has 18 heavy (non-hydrogen) atoms. The third-order valence-electron chi connectivity index (χ3n) is 2.97. The minimum Gasteiger partial charge on any atom is -0.349 e. The van der Waals surface area contributed by atoms with E-state index >= 15 is 0 Å². The molecule has 0 aromatic carbocycles. The number of pyridine rings is 1. The van der Waals surface area contributed by atoms with E-state index in [1.165, 1.54) is 0 Å². The van der Waals surface area contributed by atoms with Gasteiger partial charge in [-0.15, -0.1) is 0 Å². The predicted molar refractivity (Wildman–Crippen MR) is 65.6 cm³/mol. The van der Waals surface area contributed by atoms with Crippen molar-refractivity contribution in [2.45, 2.75) is 31.7 Å². The van der Waals surface area contributed by atoms with Crippen molar-refractivity contribution in [1.82, 2.24) is 10.3 Å². The van der Waals surface area contributed by atoms with Gasteiger partial charge in [-0.2, -0.15) is 0 Å². The van der Waals surface area contributed by atoms with E-state index in [2.05, 4.69) is 10.3 Å². The summed E-state index contributed by atoms with van der Waals surface area (Å²) in [5, 5.41) is 13.4. The summed E-state index contributed by atoms with van der Waals surface area (Å²) in [7, 11) is 0. The van der Waals surface area contributed by atoms with Crippen LogP contribution in [0.25, 0.3) is 0 Å². The van der Waals surface area contributed by atoms with Crippen LogP contribution in [0.15, 0.2) is 12.3 Å². The zero-order chi connectivity index (χ0) is 13.1. The van der Waals surface area contributed by atoms with Crippen LogP contribution in [0, 0.1) is 10.1 Å². The van der Waals surface area contributed by atoms with Crippen LogP contribution in [0.4, 0.5) is 5.69 Å². The second kappa shape index (κ2) is 5.30. The van der Waals surface area contributed by atoms with Crippen LogP contribution in [-0.4, -0.2) is 21.9 Å². The highest BCUT2D eigenvalue weighted by Gasteiger charge is 2.21. The van der Waals surface area contributed by atoms with Gasteiger partial charge < -0.3 is 5.32 Å². The second-order valence-corrected chi connectivity index (χ2v) is 4.60. The maximum Gasteiger partial charge on any atom is 0.288 e. The van der Waals surface area contributed by atoms with Gasteiger partial charge in [0.05, 0.1) is 10.5 Å². The van der Waals surface area contributed by atoms with Crippen LogP contribution in [0.2, 0.25) is 5.15 Å². The quantitative estimate of drug-likeness (QED) is 0.518. The fraction of sp³-hybridized carbons (Fsp3) is 0.455. The smallest absolute Gasteiger partial charge is 0.288 e. The number of nitrogens with zero attached hydrogens (tertiary/aromatic N) is 2. The number of halogens is 1. The minimum atomic E-state index is -0.602. The molecule has 1 fully saturated rings. The van der Waals surface area contributed by atoms with Crippen LogP contribution in [0.1, 0.15) is 36.0 Å². The fourth-order valence-electron chi connectivity index (χ4n) is 2.03. The van der Waals surface area contributed by atoms with E-state index in [9.17, 15) is 14.9 Å². The second-order valence-electron chi connectivity index (χ2n) is 4.24. The number of nitrogens with one attached hydrogen (secondary N) is 1. The summed E-state index contributed by atoms with van der Waals surface area (Å²) >= 11 is 5.79. The lowest BCUT2D eigenvalue weighted by Gasteiger charge is -2.12. The first-order valence-corrected chi connectivity index (χ1v) is 6.06. The largest absolute Gasteiger partial charge is 0.349 e. The highest BCUT2D eigenvalue weighted by molar-refractivity contribution is 6.32. The summed E-state index contributed by atoms with van der Waals surface area (Å²) in [5.41, 5.74) is -0.186. The van der Waals surface area contributed by atoms with Gasteiger partial charge in [0.25, 0.3) is 11.6 Å². The Hall–Kier alpha value is -1.69. The van der Waals surface area contributed by atoms with E-state index < -0.39 is 10.8 Å². The maximum atomic E-state index is 11.9. The normalized spacial score (nSPS) is 15.6. The summed E-state index contributed by atoms with van der Waals surface area (Å²) in [6, 6.07) is 1.28. The van der Waals surface area contributed by atoms with E-state index in [1.807, 2.05) is 0 Å². The first-order chi connectivity index (χ1) is 8.58. The average Bonchev–Trinajstić information content (AvgIpc) is 2.81. The highest BCUT2D eigenvalue weighted by atomic mass is 35.5. The van der Waals surface area contributed by atoms with Crippen LogP contribution >= 0.6 is 11.6 Å². The highest BCUT2D eigenvalue weighted by Crippen LogP contribution is 2.21. The van der Waals surface area contributed by atoms with Gasteiger partial charge in [-0.1, -0.05) is 24.4 Å². The first kappa shape index (κ1) is 12.8. The molecule has 0 saturated heterocycles. The van der Waals surface area contributed by atoms with Crippen molar-refractivity contribution >= 4 is 23.2 Å². The molecule has 1 amide bonds. The number of nitro groups is 1. The molecule has 1 heterocycles. The topological polar surface area (TPSA) is 85.1 Å². The minimum absolute atomic E-state index is 0.0175. The van der Waals surface area contributed by atoms with Gasteiger partial charge in [-0.3, -0.25) is 14.9 Å².